The van der Waals surface area contributed by atoms with Crippen molar-refractivity contribution in [2.75, 3.05) is 18.8 Å². The molecule has 1 aliphatic rings. The van der Waals surface area contributed by atoms with Crippen molar-refractivity contribution in [3.63, 3.8) is 0 Å². The van der Waals surface area contributed by atoms with E-state index in [1.807, 2.05) is 9.47 Å². The molecule has 1 saturated heterocycles. The lowest BCUT2D eigenvalue weighted by Gasteiger charge is -2.30. The van der Waals surface area contributed by atoms with Crippen molar-refractivity contribution in [3.8, 4) is 11.4 Å². The van der Waals surface area contributed by atoms with Gasteiger partial charge in [0.05, 0.1) is 11.3 Å². The van der Waals surface area contributed by atoms with E-state index in [1.165, 1.54) is 24.2 Å². The fraction of sp³-hybridized carbons (Fsp3) is 0.550. The molecule has 0 spiro atoms. The van der Waals surface area contributed by atoms with Gasteiger partial charge in [0.25, 0.3) is 0 Å². The van der Waals surface area contributed by atoms with Crippen LogP contribution in [0.3, 0.4) is 0 Å². The van der Waals surface area contributed by atoms with Gasteiger partial charge in [0, 0.05) is 19.6 Å². The molecule has 0 saturated carbocycles. The average molecular weight is 391 g/mol. The number of aromatic nitrogens is 3. The molecule has 7 heteroatoms. The summed E-state index contributed by atoms with van der Waals surface area (Å²) in [5, 5.41) is 9.15. The summed E-state index contributed by atoms with van der Waals surface area (Å²) >= 11 is 1.39. The largest absolute Gasteiger partial charge is 0.342 e. The van der Waals surface area contributed by atoms with E-state index < -0.39 is 0 Å². The number of amides is 1. The second-order valence-electron chi connectivity index (χ2n) is 7.67. The minimum Gasteiger partial charge on any atom is -0.342 e. The summed E-state index contributed by atoms with van der Waals surface area (Å²) in [5.41, 5.74) is 0.439. The summed E-state index contributed by atoms with van der Waals surface area (Å²) in [4.78, 5) is 14.5. The number of piperidine rings is 1. The smallest absolute Gasteiger partial charge is 0.233 e. The Kier molecular flexibility index (Phi) is 6.52. The Hall–Kier alpha value is -1.89. The molecule has 1 fully saturated rings. The van der Waals surface area contributed by atoms with Crippen LogP contribution in [0.5, 0.6) is 0 Å². The normalized spacial score (nSPS) is 17.5. The number of thioether (sulfide) groups is 1. The van der Waals surface area contributed by atoms with E-state index in [2.05, 4.69) is 31.0 Å². The molecular formula is C20H27FN4OS. The maximum atomic E-state index is 14.2. The highest BCUT2D eigenvalue weighted by atomic mass is 32.2. The number of carbonyl (C=O) groups excluding carboxylic acids is 1. The Morgan fingerprint density at radius 2 is 2.11 bits per heavy atom. The fourth-order valence-electron chi connectivity index (χ4n) is 3.40. The second-order valence-corrected chi connectivity index (χ2v) is 8.61. The van der Waals surface area contributed by atoms with Crippen LogP contribution < -0.4 is 0 Å². The lowest BCUT2D eigenvalue weighted by molar-refractivity contribution is -0.130. The molecule has 1 amide bonds. The van der Waals surface area contributed by atoms with Crippen molar-refractivity contribution >= 4 is 17.7 Å². The third kappa shape index (κ3) is 4.89. The standard InChI is InChI=1S/C20H27FN4OS/c1-14(2)11-25-19(16-8-4-5-9-17(16)21)22-23-20(25)27-13-18(26)24-10-6-7-15(3)12-24/h4-5,8-9,14-15H,6-7,10-13H2,1-3H3. The van der Waals surface area contributed by atoms with Crippen molar-refractivity contribution in [2.45, 2.75) is 45.3 Å². The van der Waals surface area contributed by atoms with Gasteiger partial charge >= 0.3 is 0 Å². The summed E-state index contributed by atoms with van der Waals surface area (Å²) in [6.45, 7) is 8.72. The third-order valence-corrected chi connectivity index (χ3v) is 5.67. The van der Waals surface area contributed by atoms with E-state index in [4.69, 9.17) is 0 Å². The quantitative estimate of drug-likeness (QED) is 0.697. The van der Waals surface area contributed by atoms with Gasteiger partial charge in [-0.25, -0.2) is 4.39 Å². The second kappa shape index (κ2) is 8.87. The molecule has 27 heavy (non-hydrogen) atoms. The molecule has 1 aromatic heterocycles. The van der Waals surface area contributed by atoms with Crippen molar-refractivity contribution in [1.82, 2.24) is 19.7 Å². The third-order valence-electron chi connectivity index (χ3n) is 4.71. The van der Waals surface area contributed by atoms with E-state index in [0.717, 1.165) is 19.5 Å². The first kappa shape index (κ1) is 19.9. The predicted octanol–water partition coefficient (Wildman–Crippen LogP) is 4.09. The summed E-state index contributed by atoms with van der Waals surface area (Å²) < 4.78 is 16.2. The van der Waals surface area contributed by atoms with Crippen LogP contribution in [0.25, 0.3) is 11.4 Å². The van der Waals surface area contributed by atoms with Crippen LogP contribution >= 0.6 is 11.8 Å². The van der Waals surface area contributed by atoms with E-state index in [9.17, 15) is 9.18 Å². The van der Waals surface area contributed by atoms with Crippen molar-refractivity contribution in [1.29, 1.82) is 0 Å². The minimum atomic E-state index is -0.315. The summed E-state index contributed by atoms with van der Waals surface area (Å²) in [7, 11) is 0. The summed E-state index contributed by atoms with van der Waals surface area (Å²) in [6, 6.07) is 6.60. The topological polar surface area (TPSA) is 51.0 Å². The van der Waals surface area contributed by atoms with Crippen LogP contribution in [0.15, 0.2) is 29.4 Å². The monoisotopic (exact) mass is 390 g/mol. The Morgan fingerprint density at radius 3 is 2.81 bits per heavy atom. The SMILES string of the molecule is CC(C)Cn1c(SCC(=O)N2CCCC(C)C2)nnc1-c1ccccc1F. The fourth-order valence-corrected chi connectivity index (χ4v) is 4.25. The highest BCUT2D eigenvalue weighted by molar-refractivity contribution is 7.99. The minimum absolute atomic E-state index is 0.137. The number of likely N-dealkylation sites (tertiary alicyclic amines) is 1. The van der Waals surface area contributed by atoms with Gasteiger partial charge in [-0.2, -0.15) is 0 Å². The van der Waals surface area contributed by atoms with Gasteiger partial charge in [0.15, 0.2) is 11.0 Å². The van der Waals surface area contributed by atoms with Gasteiger partial charge in [-0.3, -0.25) is 4.79 Å². The van der Waals surface area contributed by atoms with E-state index >= 15 is 0 Å². The number of hydrogen-bond acceptors (Lipinski definition) is 4. The molecule has 3 rings (SSSR count). The van der Waals surface area contributed by atoms with Crippen LogP contribution in [0.1, 0.15) is 33.6 Å². The van der Waals surface area contributed by atoms with Crippen molar-refractivity contribution < 1.29 is 9.18 Å². The zero-order chi connectivity index (χ0) is 19.4. The molecule has 0 aliphatic carbocycles. The first-order chi connectivity index (χ1) is 13.0. The molecule has 5 nitrogen and oxygen atoms in total. The zero-order valence-corrected chi connectivity index (χ0v) is 17.0. The number of hydrogen-bond donors (Lipinski definition) is 0. The van der Waals surface area contributed by atoms with E-state index in [0.29, 0.717) is 40.7 Å². The Labute approximate surface area is 164 Å². The molecule has 0 radical (unpaired) electrons. The molecule has 1 aliphatic heterocycles. The zero-order valence-electron chi connectivity index (χ0n) is 16.2. The molecule has 0 bridgehead atoms. The van der Waals surface area contributed by atoms with Crippen molar-refractivity contribution in [3.05, 3.63) is 30.1 Å². The van der Waals surface area contributed by atoms with Gasteiger partial charge in [0.2, 0.25) is 5.91 Å². The first-order valence-corrected chi connectivity index (χ1v) is 10.5. The number of benzene rings is 1. The van der Waals surface area contributed by atoms with Gasteiger partial charge in [-0.05, 0) is 36.8 Å². The summed E-state index contributed by atoms with van der Waals surface area (Å²) in [5.74, 6) is 1.58. The Balaban J connectivity index is 1.77. The maximum Gasteiger partial charge on any atom is 0.233 e. The maximum absolute atomic E-state index is 14.2. The van der Waals surface area contributed by atoms with Gasteiger partial charge in [0.1, 0.15) is 5.82 Å². The lowest BCUT2D eigenvalue weighted by atomic mass is 10.0. The van der Waals surface area contributed by atoms with E-state index in [-0.39, 0.29) is 11.7 Å². The van der Waals surface area contributed by atoms with Crippen molar-refractivity contribution in [2.24, 2.45) is 11.8 Å². The predicted molar refractivity (Wildman–Crippen MR) is 106 cm³/mol. The molecule has 0 N–H and O–H groups in total. The Bertz CT molecular complexity index is 792. The Morgan fingerprint density at radius 1 is 1.33 bits per heavy atom. The first-order valence-electron chi connectivity index (χ1n) is 9.54. The van der Waals surface area contributed by atoms with Gasteiger partial charge in [-0.15, -0.1) is 10.2 Å². The number of rotatable bonds is 6. The molecule has 1 unspecified atom stereocenters. The van der Waals surface area contributed by atoms with Gasteiger partial charge in [-0.1, -0.05) is 44.7 Å². The summed E-state index contributed by atoms with van der Waals surface area (Å²) in [6.07, 6.45) is 2.25. The van der Waals surface area contributed by atoms with Crippen LogP contribution in [-0.4, -0.2) is 44.4 Å². The molecular weight excluding hydrogens is 363 g/mol. The number of carbonyl (C=O) groups is 1. The molecule has 1 aromatic carbocycles. The molecule has 1 atom stereocenters. The highest BCUT2D eigenvalue weighted by Crippen LogP contribution is 2.27. The van der Waals surface area contributed by atoms with Crippen LogP contribution in [0, 0.1) is 17.7 Å². The lowest BCUT2D eigenvalue weighted by Crippen LogP contribution is -2.40. The molecule has 146 valence electrons. The van der Waals surface area contributed by atoms with Crippen LogP contribution in [0.4, 0.5) is 4.39 Å². The highest BCUT2D eigenvalue weighted by Gasteiger charge is 2.23. The van der Waals surface area contributed by atoms with Gasteiger partial charge < -0.3 is 9.47 Å². The van der Waals surface area contributed by atoms with E-state index in [1.54, 1.807) is 18.2 Å². The van der Waals surface area contributed by atoms with Crippen LogP contribution in [0.2, 0.25) is 0 Å². The molecule has 2 aromatic rings. The number of halogens is 1. The average Bonchev–Trinajstić information content (AvgIpc) is 3.02. The van der Waals surface area contributed by atoms with Crippen LogP contribution in [-0.2, 0) is 11.3 Å². The molecule has 2 heterocycles. The number of nitrogens with zero attached hydrogens (tertiary/aromatic N) is 4.